The maximum atomic E-state index is 11.8. The fraction of sp³-hybridized carbons (Fsp3) is 0.417. The first-order valence-corrected chi connectivity index (χ1v) is 6.02. The van der Waals surface area contributed by atoms with Gasteiger partial charge in [-0.25, -0.2) is 0 Å². The van der Waals surface area contributed by atoms with Crippen LogP contribution in [-0.2, 0) is 4.74 Å². The molecule has 1 saturated heterocycles. The van der Waals surface area contributed by atoms with Crippen molar-refractivity contribution in [3.63, 3.8) is 0 Å². The van der Waals surface area contributed by atoms with E-state index in [1.165, 1.54) is 6.07 Å². The fourth-order valence-electron chi connectivity index (χ4n) is 1.95. The topological polar surface area (TPSA) is 78.8 Å². The van der Waals surface area contributed by atoms with Gasteiger partial charge in [0.05, 0.1) is 6.10 Å². The van der Waals surface area contributed by atoms with Crippen molar-refractivity contribution in [2.24, 2.45) is 0 Å². The molecule has 0 aromatic heterocycles. The van der Waals surface area contributed by atoms with E-state index >= 15 is 0 Å². The molecule has 5 nitrogen and oxygen atoms in total. The zero-order valence-corrected chi connectivity index (χ0v) is 10.0. The number of carbonyl (C=O) groups excluding carboxylic acids is 1. The van der Waals surface area contributed by atoms with E-state index in [1.807, 2.05) is 0 Å². The fourth-order valence-corrected chi connectivity index (χ4v) is 1.95. The average molecular weight is 249 g/mol. The number of rotatable bonds is 4. The molecule has 6 heteroatoms. The van der Waals surface area contributed by atoms with Crippen LogP contribution < -0.4 is 10.8 Å². The molecule has 1 heterocycles. The highest BCUT2D eigenvalue weighted by Gasteiger charge is 2.17. The molecular weight excluding hydrogens is 233 g/mol. The summed E-state index contributed by atoms with van der Waals surface area (Å²) < 4.78 is 5.41. The van der Waals surface area contributed by atoms with Crippen LogP contribution in [0.25, 0.3) is 0 Å². The van der Waals surface area contributed by atoms with Crippen LogP contribution in [0.4, 0.5) is 0 Å². The molecule has 96 valence electrons. The smallest absolute Gasteiger partial charge is 0.423 e. The van der Waals surface area contributed by atoms with Crippen molar-refractivity contribution in [1.29, 1.82) is 0 Å². The highest BCUT2D eigenvalue weighted by atomic mass is 16.5. The van der Waals surface area contributed by atoms with Crippen molar-refractivity contribution < 1.29 is 19.6 Å². The van der Waals surface area contributed by atoms with Gasteiger partial charge < -0.3 is 20.1 Å². The third-order valence-corrected chi connectivity index (χ3v) is 2.96. The Kier molecular flexibility index (Phi) is 4.35. The van der Waals surface area contributed by atoms with Gasteiger partial charge in [-0.1, -0.05) is 12.1 Å². The Balaban J connectivity index is 1.93. The first kappa shape index (κ1) is 13.1. The predicted octanol–water partition coefficient (Wildman–Crippen LogP) is -0.725. The molecule has 1 aromatic carbocycles. The van der Waals surface area contributed by atoms with Crippen LogP contribution in [0.5, 0.6) is 0 Å². The lowest BCUT2D eigenvalue weighted by Gasteiger charge is -2.11. The summed E-state index contributed by atoms with van der Waals surface area (Å²) in [4.78, 5) is 11.8. The van der Waals surface area contributed by atoms with Gasteiger partial charge in [-0.3, -0.25) is 4.79 Å². The van der Waals surface area contributed by atoms with Crippen LogP contribution in [0.2, 0.25) is 0 Å². The second-order valence-electron chi connectivity index (χ2n) is 4.34. The van der Waals surface area contributed by atoms with E-state index in [9.17, 15) is 4.79 Å². The first-order valence-electron chi connectivity index (χ1n) is 6.02. The quantitative estimate of drug-likeness (QED) is 0.615. The summed E-state index contributed by atoms with van der Waals surface area (Å²) in [6.45, 7) is 1.25. The summed E-state index contributed by atoms with van der Waals surface area (Å²) in [5.41, 5.74) is 0.721. The van der Waals surface area contributed by atoms with E-state index in [-0.39, 0.29) is 12.0 Å². The molecule has 0 saturated carbocycles. The van der Waals surface area contributed by atoms with Crippen LogP contribution in [-0.4, -0.2) is 42.3 Å². The SMILES string of the molecule is O=C(NCC1CCCO1)c1cccc(B(O)O)c1. The van der Waals surface area contributed by atoms with Gasteiger partial charge in [0, 0.05) is 18.7 Å². The molecule has 1 aromatic rings. The van der Waals surface area contributed by atoms with Crippen LogP contribution >= 0.6 is 0 Å². The molecule has 18 heavy (non-hydrogen) atoms. The first-order chi connectivity index (χ1) is 8.66. The number of hydrogen-bond acceptors (Lipinski definition) is 4. The minimum atomic E-state index is -1.56. The van der Waals surface area contributed by atoms with Gasteiger partial charge in [0.25, 0.3) is 5.91 Å². The molecule has 1 unspecified atom stereocenters. The lowest BCUT2D eigenvalue weighted by Crippen LogP contribution is -2.34. The Hall–Kier alpha value is -1.37. The molecule has 2 rings (SSSR count). The highest BCUT2D eigenvalue weighted by Crippen LogP contribution is 2.10. The molecule has 1 fully saturated rings. The molecule has 3 N–H and O–H groups in total. The number of ether oxygens (including phenoxy) is 1. The monoisotopic (exact) mass is 249 g/mol. The lowest BCUT2D eigenvalue weighted by atomic mass is 9.79. The van der Waals surface area contributed by atoms with E-state index in [1.54, 1.807) is 18.2 Å². The van der Waals surface area contributed by atoms with Crippen LogP contribution in [0.1, 0.15) is 23.2 Å². The van der Waals surface area contributed by atoms with E-state index in [0.29, 0.717) is 17.6 Å². The van der Waals surface area contributed by atoms with Gasteiger partial charge in [0.2, 0.25) is 0 Å². The number of benzene rings is 1. The zero-order chi connectivity index (χ0) is 13.0. The van der Waals surface area contributed by atoms with E-state index in [0.717, 1.165) is 19.4 Å². The molecule has 1 aliphatic rings. The van der Waals surface area contributed by atoms with Crippen LogP contribution in [0.3, 0.4) is 0 Å². The lowest BCUT2D eigenvalue weighted by molar-refractivity contribution is 0.0858. The van der Waals surface area contributed by atoms with Crippen molar-refractivity contribution in [3.05, 3.63) is 29.8 Å². The predicted molar refractivity (Wildman–Crippen MR) is 67.6 cm³/mol. The summed E-state index contributed by atoms with van der Waals surface area (Å²) in [5.74, 6) is -0.229. The Morgan fingerprint density at radius 3 is 3.00 bits per heavy atom. The van der Waals surface area contributed by atoms with Gasteiger partial charge in [0.1, 0.15) is 0 Å². The summed E-state index contributed by atoms with van der Waals surface area (Å²) in [6.07, 6.45) is 2.10. The van der Waals surface area contributed by atoms with Crippen molar-refractivity contribution >= 4 is 18.5 Å². The van der Waals surface area contributed by atoms with Gasteiger partial charge in [0.15, 0.2) is 0 Å². The second-order valence-corrected chi connectivity index (χ2v) is 4.34. The molecule has 0 spiro atoms. The molecule has 0 radical (unpaired) electrons. The van der Waals surface area contributed by atoms with Gasteiger partial charge in [-0.2, -0.15) is 0 Å². The normalized spacial score (nSPS) is 18.7. The summed E-state index contributed by atoms with van der Waals surface area (Å²) in [6, 6.07) is 6.28. The van der Waals surface area contributed by atoms with Gasteiger partial charge in [-0.05, 0) is 30.4 Å². The van der Waals surface area contributed by atoms with Gasteiger partial charge >= 0.3 is 7.12 Å². The molecular formula is C12H16BNO4. The Morgan fingerprint density at radius 1 is 1.50 bits per heavy atom. The molecule has 1 aliphatic heterocycles. The summed E-state index contributed by atoms with van der Waals surface area (Å²) in [7, 11) is -1.56. The van der Waals surface area contributed by atoms with Crippen molar-refractivity contribution in [2.75, 3.05) is 13.2 Å². The van der Waals surface area contributed by atoms with Gasteiger partial charge in [-0.15, -0.1) is 0 Å². The number of nitrogens with one attached hydrogen (secondary N) is 1. The Labute approximate surface area is 106 Å². The molecule has 0 aliphatic carbocycles. The van der Waals surface area contributed by atoms with E-state index in [2.05, 4.69) is 5.32 Å². The second kappa shape index (κ2) is 5.99. The third-order valence-electron chi connectivity index (χ3n) is 2.96. The molecule has 0 bridgehead atoms. The Bertz CT molecular complexity index is 418. The van der Waals surface area contributed by atoms with Crippen molar-refractivity contribution in [2.45, 2.75) is 18.9 Å². The minimum absolute atomic E-state index is 0.0977. The number of hydrogen-bond donors (Lipinski definition) is 3. The number of carbonyl (C=O) groups is 1. The third kappa shape index (κ3) is 3.32. The average Bonchev–Trinajstić information content (AvgIpc) is 2.89. The standard InChI is InChI=1S/C12H16BNO4/c15-12(14-8-11-5-2-6-18-11)9-3-1-4-10(7-9)13(16)17/h1,3-4,7,11,16-17H,2,5-6,8H2,(H,14,15). The molecule has 1 amide bonds. The van der Waals surface area contributed by atoms with Crippen LogP contribution in [0.15, 0.2) is 24.3 Å². The minimum Gasteiger partial charge on any atom is -0.423 e. The summed E-state index contributed by atoms with van der Waals surface area (Å²) >= 11 is 0. The van der Waals surface area contributed by atoms with Crippen molar-refractivity contribution in [3.8, 4) is 0 Å². The largest absolute Gasteiger partial charge is 0.488 e. The van der Waals surface area contributed by atoms with Crippen LogP contribution in [0, 0.1) is 0 Å². The molecule has 1 atom stereocenters. The van der Waals surface area contributed by atoms with E-state index < -0.39 is 7.12 Å². The maximum absolute atomic E-state index is 11.8. The number of amides is 1. The maximum Gasteiger partial charge on any atom is 0.488 e. The summed E-state index contributed by atoms with van der Waals surface area (Å²) in [5, 5.41) is 20.9. The Morgan fingerprint density at radius 2 is 2.33 bits per heavy atom. The van der Waals surface area contributed by atoms with E-state index in [4.69, 9.17) is 14.8 Å². The zero-order valence-electron chi connectivity index (χ0n) is 10.0. The van der Waals surface area contributed by atoms with Crippen molar-refractivity contribution in [1.82, 2.24) is 5.32 Å². The highest BCUT2D eigenvalue weighted by molar-refractivity contribution is 6.58.